The Bertz CT molecular complexity index is 391. The molecule has 1 aromatic heterocycles. The lowest BCUT2D eigenvalue weighted by Gasteiger charge is -2.40. The van der Waals surface area contributed by atoms with E-state index < -0.39 is 0 Å². The molecule has 0 aliphatic carbocycles. The van der Waals surface area contributed by atoms with Crippen molar-refractivity contribution in [1.82, 2.24) is 15.4 Å². The molecule has 2 heterocycles. The van der Waals surface area contributed by atoms with Crippen LogP contribution >= 0.6 is 0 Å². The molecule has 0 radical (unpaired) electrons. The molecule has 1 aliphatic rings. The molecule has 6 heteroatoms. The van der Waals surface area contributed by atoms with Crippen LogP contribution in [0.3, 0.4) is 0 Å². The summed E-state index contributed by atoms with van der Waals surface area (Å²) in [5.74, 6) is 0. The van der Waals surface area contributed by atoms with Crippen molar-refractivity contribution in [3.63, 3.8) is 0 Å². The molecular formula is C13H21N3O3. The van der Waals surface area contributed by atoms with E-state index in [1.807, 2.05) is 0 Å². The van der Waals surface area contributed by atoms with Gasteiger partial charge >= 0.3 is 6.03 Å². The molecule has 6 nitrogen and oxygen atoms in total. The number of hydrogen-bond donors (Lipinski definition) is 2. The standard InChI is InChI=1S/C13H21N3O3/c1-2-13(10-17)4-6-16(7-5-13)12(18)14-9-11-3-8-19-15-11/h3,8,17H,2,4-7,9-10H2,1H3,(H,14,18). The summed E-state index contributed by atoms with van der Waals surface area (Å²) in [6, 6.07) is 1.65. The molecule has 0 atom stereocenters. The minimum Gasteiger partial charge on any atom is -0.396 e. The zero-order valence-corrected chi connectivity index (χ0v) is 11.3. The zero-order chi connectivity index (χ0) is 13.7. The third-order valence-corrected chi connectivity index (χ3v) is 4.11. The summed E-state index contributed by atoms with van der Waals surface area (Å²) in [4.78, 5) is 13.8. The number of nitrogens with zero attached hydrogens (tertiary/aromatic N) is 2. The summed E-state index contributed by atoms with van der Waals surface area (Å²) >= 11 is 0. The molecule has 1 aromatic rings. The number of urea groups is 1. The van der Waals surface area contributed by atoms with Crippen LogP contribution in [-0.2, 0) is 6.54 Å². The summed E-state index contributed by atoms with van der Waals surface area (Å²) < 4.78 is 4.71. The molecule has 1 saturated heterocycles. The van der Waals surface area contributed by atoms with E-state index in [1.165, 1.54) is 6.26 Å². The molecule has 0 unspecified atom stereocenters. The predicted molar refractivity (Wildman–Crippen MR) is 69.4 cm³/mol. The first-order chi connectivity index (χ1) is 9.19. The Balaban J connectivity index is 1.79. The smallest absolute Gasteiger partial charge is 0.317 e. The molecule has 0 spiro atoms. The highest BCUT2D eigenvalue weighted by Crippen LogP contribution is 2.34. The Morgan fingerprint density at radius 2 is 2.32 bits per heavy atom. The van der Waals surface area contributed by atoms with Gasteiger partial charge in [0.25, 0.3) is 0 Å². The maximum absolute atomic E-state index is 12.0. The van der Waals surface area contributed by atoms with Crippen molar-refractivity contribution >= 4 is 6.03 Å². The number of likely N-dealkylation sites (tertiary alicyclic amines) is 1. The Morgan fingerprint density at radius 3 is 2.84 bits per heavy atom. The van der Waals surface area contributed by atoms with Crippen LogP contribution in [0, 0.1) is 5.41 Å². The van der Waals surface area contributed by atoms with Crippen molar-refractivity contribution in [3.05, 3.63) is 18.0 Å². The van der Waals surface area contributed by atoms with Gasteiger partial charge in [0, 0.05) is 25.8 Å². The van der Waals surface area contributed by atoms with Crippen molar-refractivity contribution in [3.8, 4) is 0 Å². The van der Waals surface area contributed by atoms with Gasteiger partial charge in [0.1, 0.15) is 12.0 Å². The monoisotopic (exact) mass is 267 g/mol. The van der Waals surface area contributed by atoms with Crippen LogP contribution in [0.1, 0.15) is 31.9 Å². The SMILES string of the molecule is CCC1(CO)CCN(C(=O)NCc2ccon2)CC1. The van der Waals surface area contributed by atoms with Crippen molar-refractivity contribution in [2.24, 2.45) is 5.41 Å². The van der Waals surface area contributed by atoms with Crippen molar-refractivity contribution in [1.29, 1.82) is 0 Å². The van der Waals surface area contributed by atoms with Crippen LogP contribution in [0.15, 0.2) is 16.9 Å². The number of hydrogen-bond acceptors (Lipinski definition) is 4. The molecule has 2 amide bonds. The molecule has 2 N–H and O–H groups in total. The second-order valence-corrected chi connectivity index (χ2v) is 5.15. The van der Waals surface area contributed by atoms with Gasteiger partial charge in [-0.25, -0.2) is 4.79 Å². The van der Waals surface area contributed by atoms with Crippen molar-refractivity contribution in [2.75, 3.05) is 19.7 Å². The van der Waals surface area contributed by atoms with Gasteiger partial charge in [-0.1, -0.05) is 12.1 Å². The molecule has 1 aliphatic heterocycles. The van der Waals surface area contributed by atoms with E-state index in [0.29, 0.717) is 25.3 Å². The average molecular weight is 267 g/mol. The number of carbonyl (C=O) groups excluding carboxylic acids is 1. The van der Waals surface area contributed by atoms with Gasteiger partial charge in [0.05, 0.1) is 6.54 Å². The molecule has 0 aromatic carbocycles. The molecule has 19 heavy (non-hydrogen) atoms. The number of piperidine rings is 1. The lowest BCUT2D eigenvalue weighted by Crippen LogP contribution is -2.48. The van der Waals surface area contributed by atoms with Crippen LogP contribution in [0.25, 0.3) is 0 Å². The second-order valence-electron chi connectivity index (χ2n) is 5.15. The maximum Gasteiger partial charge on any atom is 0.317 e. The lowest BCUT2D eigenvalue weighted by molar-refractivity contribution is 0.0519. The van der Waals surface area contributed by atoms with Crippen LogP contribution in [0.5, 0.6) is 0 Å². The Morgan fingerprint density at radius 1 is 1.58 bits per heavy atom. The number of aliphatic hydroxyl groups is 1. The molecule has 0 bridgehead atoms. The molecule has 2 rings (SSSR count). The highest BCUT2D eigenvalue weighted by molar-refractivity contribution is 5.74. The van der Waals surface area contributed by atoms with Crippen molar-refractivity contribution in [2.45, 2.75) is 32.7 Å². The number of carbonyl (C=O) groups is 1. The second kappa shape index (κ2) is 6.06. The minimum atomic E-state index is -0.0781. The lowest BCUT2D eigenvalue weighted by atomic mass is 9.77. The summed E-state index contributed by atoms with van der Waals surface area (Å²) in [6.45, 7) is 4.07. The highest BCUT2D eigenvalue weighted by atomic mass is 16.5. The van der Waals surface area contributed by atoms with Gasteiger partial charge in [-0.05, 0) is 24.7 Å². The number of aromatic nitrogens is 1. The largest absolute Gasteiger partial charge is 0.396 e. The van der Waals surface area contributed by atoms with Gasteiger partial charge in [-0.15, -0.1) is 0 Å². The van der Waals surface area contributed by atoms with E-state index in [0.717, 1.165) is 19.3 Å². The molecule has 106 valence electrons. The van der Waals surface area contributed by atoms with E-state index in [1.54, 1.807) is 11.0 Å². The number of nitrogens with one attached hydrogen (secondary N) is 1. The average Bonchev–Trinajstić information content (AvgIpc) is 2.98. The summed E-state index contributed by atoms with van der Waals surface area (Å²) in [5, 5.41) is 16.0. The Hall–Kier alpha value is -1.56. The fraction of sp³-hybridized carbons (Fsp3) is 0.692. The minimum absolute atomic E-state index is 0.00287. The summed E-state index contributed by atoms with van der Waals surface area (Å²) in [5.41, 5.74) is 0.715. The van der Waals surface area contributed by atoms with Crippen LogP contribution in [-0.4, -0.2) is 40.9 Å². The quantitative estimate of drug-likeness (QED) is 0.863. The molecule has 0 saturated carbocycles. The third-order valence-electron chi connectivity index (χ3n) is 4.11. The normalized spacial score (nSPS) is 18.3. The fourth-order valence-electron chi connectivity index (χ4n) is 2.41. The van der Waals surface area contributed by atoms with Gasteiger partial charge in [0.2, 0.25) is 0 Å². The van der Waals surface area contributed by atoms with E-state index in [4.69, 9.17) is 4.52 Å². The van der Waals surface area contributed by atoms with E-state index in [2.05, 4.69) is 17.4 Å². The van der Waals surface area contributed by atoms with Gasteiger partial charge in [-0.2, -0.15) is 0 Å². The fourth-order valence-corrected chi connectivity index (χ4v) is 2.41. The first-order valence-corrected chi connectivity index (χ1v) is 6.72. The predicted octanol–water partition coefficient (Wildman–Crippen LogP) is 1.37. The molecule has 1 fully saturated rings. The Labute approximate surface area is 112 Å². The van der Waals surface area contributed by atoms with Gasteiger partial charge in [0.15, 0.2) is 0 Å². The number of amides is 2. The maximum atomic E-state index is 12.0. The first kappa shape index (κ1) is 13.9. The number of aliphatic hydroxyl groups excluding tert-OH is 1. The van der Waals surface area contributed by atoms with Gasteiger partial charge < -0.3 is 19.8 Å². The Kier molecular flexibility index (Phi) is 4.42. The summed E-state index contributed by atoms with van der Waals surface area (Å²) in [6.07, 6.45) is 4.16. The van der Waals surface area contributed by atoms with Gasteiger partial charge in [-0.3, -0.25) is 0 Å². The summed E-state index contributed by atoms with van der Waals surface area (Å²) in [7, 11) is 0. The number of rotatable bonds is 4. The van der Waals surface area contributed by atoms with E-state index in [-0.39, 0.29) is 18.1 Å². The molecular weight excluding hydrogens is 246 g/mol. The van der Waals surface area contributed by atoms with Crippen molar-refractivity contribution < 1.29 is 14.4 Å². The van der Waals surface area contributed by atoms with Crippen LogP contribution in [0.2, 0.25) is 0 Å². The third kappa shape index (κ3) is 3.26. The van der Waals surface area contributed by atoms with E-state index >= 15 is 0 Å². The van der Waals surface area contributed by atoms with E-state index in [9.17, 15) is 9.90 Å². The highest BCUT2D eigenvalue weighted by Gasteiger charge is 2.33. The van der Waals surface area contributed by atoms with Crippen LogP contribution in [0.4, 0.5) is 4.79 Å². The first-order valence-electron chi connectivity index (χ1n) is 6.72. The van der Waals surface area contributed by atoms with Crippen LogP contribution < -0.4 is 5.32 Å². The zero-order valence-electron chi connectivity index (χ0n) is 11.3. The topological polar surface area (TPSA) is 78.6 Å².